The van der Waals surface area contributed by atoms with E-state index >= 15 is 0 Å². The first-order valence-electron chi connectivity index (χ1n) is 8.81. The van der Waals surface area contributed by atoms with Gasteiger partial charge in [-0.05, 0) is 62.9 Å². The second kappa shape index (κ2) is 8.58. The Morgan fingerprint density at radius 2 is 2.00 bits per heavy atom. The SMILES string of the molecule is O=C(NC1CC1)C(O)C1CCN(CCOc2ccc(Cl)cc2Cl)CC1. The van der Waals surface area contributed by atoms with Crippen molar-refractivity contribution < 1.29 is 14.6 Å². The number of rotatable bonds is 7. The Balaban J connectivity index is 1.36. The zero-order valence-electron chi connectivity index (χ0n) is 14.1. The predicted octanol–water partition coefficient (Wildman–Crippen LogP) is 2.72. The Morgan fingerprint density at radius 3 is 2.64 bits per heavy atom. The number of aliphatic hydroxyl groups is 1. The number of amides is 1. The van der Waals surface area contributed by atoms with Gasteiger partial charge in [-0.1, -0.05) is 23.2 Å². The molecule has 138 valence electrons. The summed E-state index contributed by atoms with van der Waals surface area (Å²) in [5, 5.41) is 14.2. The van der Waals surface area contributed by atoms with Gasteiger partial charge in [0.05, 0.1) is 5.02 Å². The van der Waals surface area contributed by atoms with Crippen molar-refractivity contribution in [3.63, 3.8) is 0 Å². The van der Waals surface area contributed by atoms with E-state index in [1.165, 1.54) is 0 Å². The van der Waals surface area contributed by atoms with Gasteiger partial charge in [-0.3, -0.25) is 9.69 Å². The molecule has 1 aliphatic carbocycles. The molecule has 2 aliphatic rings. The lowest BCUT2D eigenvalue weighted by atomic mass is 9.90. The second-order valence-corrected chi connectivity index (χ2v) is 7.67. The third-order valence-corrected chi connectivity index (χ3v) is 5.36. The van der Waals surface area contributed by atoms with E-state index in [1.54, 1.807) is 18.2 Å². The summed E-state index contributed by atoms with van der Waals surface area (Å²) in [6, 6.07) is 5.48. The van der Waals surface area contributed by atoms with Crippen LogP contribution in [0.15, 0.2) is 18.2 Å². The van der Waals surface area contributed by atoms with Gasteiger partial charge in [-0.2, -0.15) is 0 Å². The molecule has 1 saturated carbocycles. The zero-order chi connectivity index (χ0) is 17.8. The summed E-state index contributed by atoms with van der Waals surface area (Å²) < 4.78 is 5.71. The lowest BCUT2D eigenvalue weighted by Gasteiger charge is -2.33. The Hall–Kier alpha value is -1.01. The van der Waals surface area contributed by atoms with Crippen molar-refractivity contribution in [2.45, 2.75) is 37.8 Å². The fraction of sp³-hybridized carbons (Fsp3) is 0.611. The molecule has 0 radical (unpaired) electrons. The number of benzene rings is 1. The first-order chi connectivity index (χ1) is 12.0. The molecule has 1 aromatic carbocycles. The third kappa shape index (κ3) is 5.48. The predicted molar refractivity (Wildman–Crippen MR) is 98.3 cm³/mol. The highest BCUT2D eigenvalue weighted by atomic mass is 35.5. The topological polar surface area (TPSA) is 61.8 Å². The van der Waals surface area contributed by atoms with Crippen LogP contribution >= 0.6 is 23.2 Å². The molecule has 2 fully saturated rings. The van der Waals surface area contributed by atoms with Crippen LogP contribution in [0.25, 0.3) is 0 Å². The molecule has 1 saturated heterocycles. The summed E-state index contributed by atoms with van der Waals surface area (Å²) in [4.78, 5) is 14.2. The summed E-state index contributed by atoms with van der Waals surface area (Å²) >= 11 is 12.0. The first-order valence-corrected chi connectivity index (χ1v) is 9.57. The van der Waals surface area contributed by atoms with Gasteiger partial charge in [0.25, 0.3) is 0 Å². The van der Waals surface area contributed by atoms with Crippen LogP contribution in [0.2, 0.25) is 10.0 Å². The molecule has 1 aliphatic heterocycles. The van der Waals surface area contributed by atoms with E-state index in [0.717, 1.165) is 45.3 Å². The van der Waals surface area contributed by atoms with Gasteiger partial charge in [0.1, 0.15) is 18.5 Å². The molecule has 2 N–H and O–H groups in total. The molecule has 0 aromatic heterocycles. The van der Waals surface area contributed by atoms with Crippen molar-refractivity contribution in [1.29, 1.82) is 0 Å². The number of carbonyl (C=O) groups is 1. The van der Waals surface area contributed by atoms with Crippen LogP contribution in [0.3, 0.4) is 0 Å². The van der Waals surface area contributed by atoms with Crippen LogP contribution in [-0.2, 0) is 4.79 Å². The summed E-state index contributed by atoms with van der Waals surface area (Å²) in [5.41, 5.74) is 0. The first kappa shape index (κ1) is 18.8. The van der Waals surface area contributed by atoms with E-state index in [2.05, 4.69) is 10.2 Å². The summed E-state index contributed by atoms with van der Waals surface area (Å²) in [7, 11) is 0. The fourth-order valence-corrected chi connectivity index (χ4v) is 3.56. The maximum atomic E-state index is 11.9. The fourth-order valence-electron chi connectivity index (χ4n) is 3.10. The van der Waals surface area contributed by atoms with Gasteiger partial charge in [0.15, 0.2) is 0 Å². The van der Waals surface area contributed by atoms with Crippen LogP contribution in [-0.4, -0.2) is 54.3 Å². The number of halogens is 2. The minimum absolute atomic E-state index is 0.0432. The number of hydrogen-bond donors (Lipinski definition) is 2. The number of nitrogens with zero attached hydrogens (tertiary/aromatic N) is 1. The summed E-state index contributed by atoms with van der Waals surface area (Å²) in [6.07, 6.45) is 2.83. The van der Waals surface area contributed by atoms with Crippen molar-refractivity contribution in [3.05, 3.63) is 28.2 Å². The molecule has 7 heteroatoms. The number of carbonyl (C=O) groups excluding carboxylic acids is 1. The minimum Gasteiger partial charge on any atom is -0.491 e. The normalized spacial score (nSPS) is 20.3. The third-order valence-electron chi connectivity index (χ3n) is 4.83. The maximum Gasteiger partial charge on any atom is 0.249 e. The van der Waals surface area contributed by atoms with Crippen LogP contribution < -0.4 is 10.1 Å². The summed E-state index contributed by atoms with van der Waals surface area (Å²) in [6.45, 7) is 3.04. The highest BCUT2D eigenvalue weighted by Gasteiger charge is 2.32. The van der Waals surface area contributed by atoms with Crippen molar-refractivity contribution >= 4 is 29.1 Å². The van der Waals surface area contributed by atoms with Crippen molar-refractivity contribution in [1.82, 2.24) is 10.2 Å². The number of nitrogens with one attached hydrogen (secondary N) is 1. The standard InChI is InChI=1S/C18H24Cl2N2O3/c19-13-1-4-16(15(20)11-13)25-10-9-22-7-5-12(6-8-22)17(23)18(24)21-14-2-3-14/h1,4,11-12,14,17,23H,2-3,5-10H2,(H,21,24). The lowest BCUT2D eigenvalue weighted by molar-refractivity contribution is -0.133. The molecule has 1 unspecified atom stereocenters. The highest BCUT2D eigenvalue weighted by Crippen LogP contribution is 2.28. The molecule has 0 spiro atoms. The van der Waals surface area contributed by atoms with Gasteiger partial charge in [0.2, 0.25) is 5.91 Å². The van der Waals surface area contributed by atoms with Crippen LogP contribution in [0.5, 0.6) is 5.75 Å². The van der Waals surface area contributed by atoms with Gasteiger partial charge >= 0.3 is 0 Å². The van der Waals surface area contributed by atoms with Crippen LogP contribution in [0.1, 0.15) is 25.7 Å². The quantitative estimate of drug-likeness (QED) is 0.755. The number of hydrogen-bond acceptors (Lipinski definition) is 4. The Labute approximate surface area is 158 Å². The smallest absolute Gasteiger partial charge is 0.249 e. The van der Waals surface area contributed by atoms with E-state index in [-0.39, 0.29) is 11.8 Å². The molecular weight excluding hydrogens is 363 g/mol. The average Bonchev–Trinajstić information content (AvgIpc) is 3.41. The number of piperidine rings is 1. The molecule has 1 aromatic rings. The summed E-state index contributed by atoms with van der Waals surface area (Å²) in [5.74, 6) is 0.469. The van der Waals surface area contributed by atoms with Gasteiger partial charge in [0, 0.05) is 17.6 Å². The van der Waals surface area contributed by atoms with Crippen molar-refractivity contribution in [2.24, 2.45) is 5.92 Å². The van der Waals surface area contributed by atoms with Gasteiger partial charge in [-0.15, -0.1) is 0 Å². The van der Waals surface area contributed by atoms with E-state index in [1.807, 2.05) is 0 Å². The maximum absolute atomic E-state index is 11.9. The van der Waals surface area contributed by atoms with Crippen LogP contribution in [0.4, 0.5) is 0 Å². The van der Waals surface area contributed by atoms with E-state index in [9.17, 15) is 9.90 Å². The Kier molecular flexibility index (Phi) is 6.44. The molecule has 3 rings (SSSR count). The molecule has 1 atom stereocenters. The Bertz CT molecular complexity index is 602. The van der Waals surface area contributed by atoms with E-state index < -0.39 is 6.10 Å². The van der Waals surface area contributed by atoms with Crippen molar-refractivity contribution in [3.8, 4) is 5.75 Å². The lowest BCUT2D eigenvalue weighted by Crippen LogP contribution is -2.45. The molecule has 5 nitrogen and oxygen atoms in total. The van der Waals surface area contributed by atoms with Gasteiger partial charge < -0.3 is 15.2 Å². The molecule has 25 heavy (non-hydrogen) atoms. The number of ether oxygens (including phenoxy) is 1. The highest BCUT2D eigenvalue weighted by molar-refractivity contribution is 6.35. The molecule has 1 heterocycles. The molecule has 1 amide bonds. The van der Waals surface area contributed by atoms with Crippen LogP contribution in [0, 0.1) is 5.92 Å². The second-order valence-electron chi connectivity index (χ2n) is 6.83. The monoisotopic (exact) mass is 386 g/mol. The molecular formula is C18H24Cl2N2O3. The zero-order valence-corrected chi connectivity index (χ0v) is 15.6. The van der Waals surface area contributed by atoms with Crippen molar-refractivity contribution in [2.75, 3.05) is 26.2 Å². The minimum atomic E-state index is -0.883. The largest absolute Gasteiger partial charge is 0.491 e. The average molecular weight is 387 g/mol. The number of aliphatic hydroxyl groups excluding tert-OH is 1. The number of likely N-dealkylation sites (tertiary alicyclic amines) is 1. The van der Waals surface area contributed by atoms with Gasteiger partial charge in [-0.25, -0.2) is 0 Å². The Morgan fingerprint density at radius 1 is 1.28 bits per heavy atom. The van der Waals surface area contributed by atoms with E-state index in [4.69, 9.17) is 27.9 Å². The molecule has 0 bridgehead atoms. The van der Waals surface area contributed by atoms with E-state index in [0.29, 0.717) is 28.4 Å².